The molecule has 1 aliphatic rings. The van der Waals surface area contributed by atoms with Crippen LogP contribution in [-0.4, -0.2) is 36.1 Å². The van der Waals surface area contributed by atoms with Crippen LogP contribution in [0.25, 0.3) is 0 Å². The maximum absolute atomic E-state index is 13.2. The minimum Gasteiger partial charge on any atom is -0.493 e. The number of rotatable bonds is 9. The Morgan fingerprint density at radius 3 is 2.45 bits per heavy atom. The van der Waals surface area contributed by atoms with Crippen molar-refractivity contribution in [2.75, 3.05) is 14.2 Å². The molecule has 31 heavy (non-hydrogen) atoms. The number of thiazole rings is 1. The third kappa shape index (κ3) is 4.82. The first kappa shape index (κ1) is 21.2. The van der Waals surface area contributed by atoms with Crippen molar-refractivity contribution in [3.63, 3.8) is 0 Å². The summed E-state index contributed by atoms with van der Waals surface area (Å²) in [6.07, 6.45) is 2.09. The Hall–Kier alpha value is -3.06. The second kappa shape index (κ2) is 9.39. The fourth-order valence-corrected chi connectivity index (χ4v) is 4.17. The average Bonchev–Trinajstić information content (AvgIpc) is 3.54. The van der Waals surface area contributed by atoms with Crippen LogP contribution in [0.4, 0.5) is 0 Å². The van der Waals surface area contributed by atoms with Gasteiger partial charge in [0.15, 0.2) is 11.5 Å². The zero-order valence-electron chi connectivity index (χ0n) is 18.0. The number of benzene rings is 2. The molecule has 3 aromatic rings. The number of methoxy groups -OCH3 is 2. The van der Waals surface area contributed by atoms with E-state index in [4.69, 9.17) is 19.2 Å². The molecule has 1 fully saturated rings. The average molecular weight is 439 g/mol. The fraction of sp³-hybridized carbons (Fsp3) is 0.333. The van der Waals surface area contributed by atoms with E-state index in [9.17, 15) is 4.79 Å². The van der Waals surface area contributed by atoms with Crippen LogP contribution in [0, 0.1) is 6.92 Å². The van der Waals surface area contributed by atoms with E-state index in [2.05, 4.69) is 0 Å². The molecule has 0 unspecified atom stereocenters. The van der Waals surface area contributed by atoms with E-state index < -0.39 is 0 Å². The number of hydrogen-bond donors (Lipinski definition) is 0. The Morgan fingerprint density at radius 1 is 1.10 bits per heavy atom. The van der Waals surface area contributed by atoms with Crippen LogP contribution in [-0.2, 0) is 13.2 Å². The van der Waals surface area contributed by atoms with E-state index in [-0.39, 0.29) is 5.91 Å². The molecule has 0 radical (unpaired) electrons. The van der Waals surface area contributed by atoms with Gasteiger partial charge in [0, 0.05) is 17.0 Å². The molecule has 0 saturated heterocycles. The monoisotopic (exact) mass is 438 g/mol. The van der Waals surface area contributed by atoms with Crippen LogP contribution in [0.2, 0.25) is 0 Å². The lowest BCUT2D eigenvalue weighted by molar-refractivity contribution is 0.0727. The first-order valence-corrected chi connectivity index (χ1v) is 11.1. The van der Waals surface area contributed by atoms with Crippen LogP contribution in [0.15, 0.2) is 47.8 Å². The molecule has 4 rings (SSSR count). The zero-order chi connectivity index (χ0) is 21.8. The predicted molar refractivity (Wildman–Crippen MR) is 120 cm³/mol. The highest BCUT2D eigenvalue weighted by molar-refractivity contribution is 7.09. The van der Waals surface area contributed by atoms with E-state index in [1.807, 2.05) is 59.7 Å². The number of ether oxygens (including phenoxy) is 3. The van der Waals surface area contributed by atoms with Crippen molar-refractivity contribution in [1.29, 1.82) is 0 Å². The molecule has 1 heterocycles. The fourth-order valence-electron chi connectivity index (χ4n) is 3.48. The Kier molecular flexibility index (Phi) is 6.42. The zero-order valence-corrected chi connectivity index (χ0v) is 18.8. The van der Waals surface area contributed by atoms with Crippen molar-refractivity contribution >= 4 is 17.2 Å². The van der Waals surface area contributed by atoms with E-state index >= 15 is 0 Å². The molecule has 2 aromatic carbocycles. The van der Waals surface area contributed by atoms with Gasteiger partial charge in [0.2, 0.25) is 5.75 Å². The van der Waals surface area contributed by atoms with Gasteiger partial charge in [-0.1, -0.05) is 24.3 Å². The maximum Gasteiger partial charge on any atom is 0.254 e. The number of amides is 1. The first-order chi connectivity index (χ1) is 15.1. The predicted octanol–water partition coefficient (Wildman–Crippen LogP) is 4.85. The van der Waals surface area contributed by atoms with Crippen LogP contribution in [0.3, 0.4) is 0 Å². The van der Waals surface area contributed by atoms with Gasteiger partial charge in [-0.25, -0.2) is 4.98 Å². The summed E-state index contributed by atoms with van der Waals surface area (Å²) in [5.74, 6) is 1.85. The summed E-state index contributed by atoms with van der Waals surface area (Å²) in [5, 5.41) is 2.83. The van der Waals surface area contributed by atoms with E-state index in [0.717, 1.165) is 34.7 Å². The van der Waals surface area contributed by atoms with Gasteiger partial charge < -0.3 is 19.1 Å². The molecule has 6 nitrogen and oxygen atoms in total. The third-order valence-corrected chi connectivity index (χ3v) is 6.15. The van der Waals surface area contributed by atoms with Gasteiger partial charge in [0.05, 0.1) is 26.5 Å². The van der Waals surface area contributed by atoms with Gasteiger partial charge in [0.25, 0.3) is 5.91 Å². The van der Waals surface area contributed by atoms with Gasteiger partial charge in [0.1, 0.15) is 11.6 Å². The molecular weight excluding hydrogens is 412 g/mol. The number of carbonyl (C=O) groups excluding carboxylic acids is 1. The van der Waals surface area contributed by atoms with E-state index in [1.165, 1.54) is 11.3 Å². The van der Waals surface area contributed by atoms with Crippen molar-refractivity contribution in [3.8, 4) is 17.2 Å². The minimum absolute atomic E-state index is 0.0742. The number of aryl methyl sites for hydroxylation is 1. The molecule has 0 bridgehead atoms. The van der Waals surface area contributed by atoms with Gasteiger partial charge in [-0.15, -0.1) is 11.3 Å². The minimum atomic E-state index is 0.0742. The summed E-state index contributed by atoms with van der Waals surface area (Å²) in [6, 6.07) is 13.5. The summed E-state index contributed by atoms with van der Waals surface area (Å²) in [5.41, 5.74) is 2.64. The lowest BCUT2D eigenvalue weighted by Gasteiger charge is -2.22. The summed E-state index contributed by atoms with van der Waals surface area (Å²) < 4.78 is 16.7. The Labute approximate surface area is 186 Å². The lowest BCUT2D eigenvalue weighted by atomic mass is 10.1. The van der Waals surface area contributed by atoms with E-state index in [0.29, 0.717) is 36.4 Å². The number of carbonyl (C=O) groups is 1. The highest BCUT2D eigenvalue weighted by Gasteiger charge is 2.34. The summed E-state index contributed by atoms with van der Waals surface area (Å²) in [4.78, 5) is 19.8. The van der Waals surface area contributed by atoms with Crippen molar-refractivity contribution in [2.45, 2.75) is 39.0 Å². The summed E-state index contributed by atoms with van der Waals surface area (Å²) in [7, 11) is 3.20. The highest BCUT2D eigenvalue weighted by atomic mass is 32.1. The second-order valence-electron chi connectivity index (χ2n) is 7.49. The van der Waals surface area contributed by atoms with Gasteiger partial charge in [-0.3, -0.25) is 4.79 Å². The normalized spacial score (nSPS) is 13.0. The van der Waals surface area contributed by atoms with Crippen LogP contribution in [0.1, 0.15) is 39.5 Å². The molecule has 1 amide bonds. The van der Waals surface area contributed by atoms with Gasteiger partial charge in [-0.2, -0.15) is 0 Å². The Morgan fingerprint density at radius 2 is 1.81 bits per heavy atom. The standard InChI is InChI=1S/C24H26N2O4S/c1-16-7-4-5-8-19(16)24(27)26(18-11-12-18)13-17-15-31-22(25-17)14-30-23-20(28-2)9-6-10-21(23)29-3/h4-10,15,18H,11-14H2,1-3H3. The Balaban J connectivity index is 1.45. The summed E-state index contributed by atoms with van der Waals surface area (Å²) >= 11 is 1.52. The number of aromatic nitrogens is 1. The van der Waals surface area contributed by atoms with Crippen molar-refractivity contribution in [1.82, 2.24) is 9.88 Å². The van der Waals surface area contributed by atoms with Gasteiger partial charge in [-0.05, 0) is 43.5 Å². The van der Waals surface area contributed by atoms with E-state index in [1.54, 1.807) is 14.2 Å². The van der Waals surface area contributed by atoms with Crippen LogP contribution < -0.4 is 14.2 Å². The Bertz CT molecular complexity index is 1040. The first-order valence-electron chi connectivity index (χ1n) is 10.2. The van der Waals surface area contributed by atoms with Crippen LogP contribution >= 0.6 is 11.3 Å². The van der Waals surface area contributed by atoms with Gasteiger partial charge >= 0.3 is 0 Å². The number of nitrogens with zero attached hydrogens (tertiary/aromatic N) is 2. The third-order valence-electron chi connectivity index (χ3n) is 5.28. The largest absolute Gasteiger partial charge is 0.493 e. The molecule has 0 atom stereocenters. The smallest absolute Gasteiger partial charge is 0.254 e. The molecule has 0 aliphatic heterocycles. The molecular formula is C24H26N2O4S. The van der Waals surface area contributed by atoms with Crippen LogP contribution in [0.5, 0.6) is 17.2 Å². The quantitative estimate of drug-likeness (QED) is 0.478. The molecule has 1 aliphatic carbocycles. The molecule has 162 valence electrons. The maximum atomic E-state index is 13.2. The lowest BCUT2D eigenvalue weighted by Crippen LogP contribution is -2.33. The molecule has 1 aromatic heterocycles. The highest BCUT2D eigenvalue weighted by Crippen LogP contribution is 2.37. The van der Waals surface area contributed by atoms with Crippen molar-refractivity contribution in [2.24, 2.45) is 0 Å². The number of hydrogen-bond acceptors (Lipinski definition) is 6. The molecule has 7 heteroatoms. The molecule has 0 spiro atoms. The number of para-hydroxylation sites is 1. The SMILES string of the molecule is COc1cccc(OC)c1OCc1nc(CN(C(=O)c2ccccc2C)C2CC2)cs1. The molecule has 0 N–H and O–H groups in total. The topological polar surface area (TPSA) is 60.9 Å². The molecule has 1 saturated carbocycles. The second-order valence-corrected chi connectivity index (χ2v) is 8.43. The van der Waals surface area contributed by atoms with Crippen molar-refractivity contribution in [3.05, 3.63) is 69.7 Å². The summed E-state index contributed by atoms with van der Waals surface area (Å²) in [6.45, 7) is 2.78. The van der Waals surface area contributed by atoms with Crippen molar-refractivity contribution < 1.29 is 19.0 Å².